The number of ether oxygens (including phenoxy) is 1. The Morgan fingerprint density at radius 3 is 2.93 bits per heavy atom. The Morgan fingerprint density at radius 1 is 1.57 bits per heavy atom. The molecule has 1 aromatic carbocycles. The van der Waals surface area contributed by atoms with Crippen LogP contribution in [0.1, 0.15) is 27.8 Å². The first-order chi connectivity index (χ1) is 6.59. The second kappa shape index (κ2) is 2.81. The van der Waals surface area contributed by atoms with Crippen LogP contribution in [0.5, 0.6) is 0 Å². The lowest BCUT2D eigenvalue weighted by molar-refractivity contribution is -0.0547. The Labute approximate surface area is 79.6 Å². The fourth-order valence-corrected chi connectivity index (χ4v) is 1.35. The van der Waals surface area contributed by atoms with Gasteiger partial charge in [-0.3, -0.25) is 5.41 Å². The van der Waals surface area contributed by atoms with Gasteiger partial charge in [0.25, 0.3) is 0 Å². The number of amidine groups is 1. The second-order valence-corrected chi connectivity index (χ2v) is 2.97. The molecule has 14 heavy (non-hydrogen) atoms. The molecule has 4 N–H and O–H groups in total. The average molecular weight is 192 g/mol. The van der Waals surface area contributed by atoms with Crippen molar-refractivity contribution in [2.24, 2.45) is 5.73 Å². The maximum Gasteiger partial charge on any atom is 0.341 e. The van der Waals surface area contributed by atoms with Gasteiger partial charge in [0.15, 0.2) is 0 Å². The molecule has 2 rings (SSSR count). The number of esters is 1. The lowest BCUT2D eigenvalue weighted by atomic mass is 10.0. The molecule has 1 atom stereocenters. The van der Waals surface area contributed by atoms with Crippen LogP contribution < -0.4 is 5.73 Å². The third kappa shape index (κ3) is 1.14. The van der Waals surface area contributed by atoms with E-state index in [2.05, 4.69) is 4.74 Å². The Hall–Kier alpha value is -1.88. The quantitative estimate of drug-likeness (QED) is 0.335. The van der Waals surface area contributed by atoms with Gasteiger partial charge in [-0.25, -0.2) is 4.79 Å². The minimum Gasteiger partial charge on any atom is -0.428 e. The highest BCUT2D eigenvalue weighted by Crippen LogP contribution is 2.28. The van der Waals surface area contributed by atoms with Crippen molar-refractivity contribution in [1.29, 1.82) is 5.41 Å². The predicted molar refractivity (Wildman–Crippen MR) is 47.8 cm³/mol. The van der Waals surface area contributed by atoms with E-state index < -0.39 is 12.3 Å². The second-order valence-electron chi connectivity index (χ2n) is 2.97. The van der Waals surface area contributed by atoms with Gasteiger partial charge in [-0.2, -0.15) is 0 Å². The van der Waals surface area contributed by atoms with Gasteiger partial charge in [0.1, 0.15) is 5.84 Å². The predicted octanol–water partition coefficient (Wildman–Crippen LogP) is 0.132. The third-order valence-electron chi connectivity index (χ3n) is 2.07. The molecule has 0 fully saturated rings. The van der Waals surface area contributed by atoms with Crippen molar-refractivity contribution in [3.05, 3.63) is 34.9 Å². The summed E-state index contributed by atoms with van der Waals surface area (Å²) >= 11 is 0. The first-order valence-corrected chi connectivity index (χ1v) is 3.97. The first-order valence-electron chi connectivity index (χ1n) is 3.97. The summed E-state index contributed by atoms with van der Waals surface area (Å²) in [6.07, 6.45) is -1.24. The molecule has 1 aliphatic heterocycles. The van der Waals surface area contributed by atoms with Crippen molar-refractivity contribution in [3.63, 3.8) is 0 Å². The highest BCUT2D eigenvalue weighted by atomic mass is 16.6. The van der Waals surface area contributed by atoms with Crippen LogP contribution in [0.2, 0.25) is 0 Å². The van der Waals surface area contributed by atoms with E-state index in [1.54, 1.807) is 6.07 Å². The van der Waals surface area contributed by atoms with Crippen molar-refractivity contribution >= 4 is 11.8 Å². The molecule has 72 valence electrons. The Kier molecular flexibility index (Phi) is 1.75. The van der Waals surface area contributed by atoms with E-state index >= 15 is 0 Å². The molecule has 0 aliphatic carbocycles. The highest BCUT2D eigenvalue weighted by Gasteiger charge is 2.29. The van der Waals surface area contributed by atoms with Crippen LogP contribution in [-0.2, 0) is 4.74 Å². The van der Waals surface area contributed by atoms with Gasteiger partial charge in [0, 0.05) is 11.1 Å². The third-order valence-corrected chi connectivity index (χ3v) is 2.07. The average Bonchev–Trinajstić information content (AvgIpc) is 2.42. The zero-order chi connectivity index (χ0) is 10.3. The smallest absolute Gasteiger partial charge is 0.341 e. The SMILES string of the molecule is N=C(N)c1ccc2c(c1)C(O)OC2=O. The summed E-state index contributed by atoms with van der Waals surface area (Å²) in [5.74, 6) is -0.665. The minimum atomic E-state index is -1.24. The topological polar surface area (TPSA) is 96.4 Å². The fraction of sp³-hybridized carbons (Fsp3) is 0.111. The molecule has 0 amide bonds. The molecular weight excluding hydrogens is 184 g/mol. The van der Waals surface area contributed by atoms with E-state index in [0.29, 0.717) is 16.7 Å². The molecule has 5 nitrogen and oxygen atoms in total. The van der Waals surface area contributed by atoms with E-state index in [4.69, 9.17) is 11.1 Å². The Morgan fingerprint density at radius 2 is 2.29 bits per heavy atom. The maximum atomic E-state index is 11.1. The van der Waals surface area contributed by atoms with Gasteiger partial charge in [0.05, 0.1) is 5.56 Å². The van der Waals surface area contributed by atoms with Crippen LogP contribution in [0.25, 0.3) is 0 Å². The van der Waals surface area contributed by atoms with Gasteiger partial charge in [-0.15, -0.1) is 0 Å². The summed E-state index contributed by atoms with van der Waals surface area (Å²) in [4.78, 5) is 11.1. The van der Waals surface area contributed by atoms with Gasteiger partial charge < -0.3 is 15.6 Å². The van der Waals surface area contributed by atoms with E-state index in [1.165, 1.54) is 12.1 Å². The van der Waals surface area contributed by atoms with Crippen LogP contribution in [0, 0.1) is 5.41 Å². The highest BCUT2D eigenvalue weighted by molar-refractivity contribution is 5.98. The number of aliphatic hydroxyl groups is 1. The maximum absolute atomic E-state index is 11.1. The number of nitrogens with one attached hydrogen (secondary N) is 1. The van der Waals surface area contributed by atoms with Crippen LogP contribution in [0.4, 0.5) is 0 Å². The summed E-state index contributed by atoms with van der Waals surface area (Å²) in [5.41, 5.74) is 6.41. The fourth-order valence-electron chi connectivity index (χ4n) is 1.35. The number of aliphatic hydroxyl groups excluding tert-OH is 1. The molecule has 1 aliphatic rings. The van der Waals surface area contributed by atoms with E-state index in [9.17, 15) is 9.90 Å². The van der Waals surface area contributed by atoms with Crippen molar-refractivity contribution in [2.45, 2.75) is 6.29 Å². The number of carbonyl (C=O) groups is 1. The molecule has 0 aromatic heterocycles. The Balaban J connectivity index is 2.55. The molecule has 0 spiro atoms. The van der Waals surface area contributed by atoms with Crippen molar-refractivity contribution in [3.8, 4) is 0 Å². The number of carbonyl (C=O) groups excluding carboxylic acids is 1. The molecule has 0 saturated heterocycles. The summed E-state index contributed by atoms with van der Waals surface area (Å²) in [6, 6.07) is 4.51. The molecule has 1 unspecified atom stereocenters. The number of benzene rings is 1. The van der Waals surface area contributed by atoms with E-state index in [0.717, 1.165) is 0 Å². The molecule has 1 heterocycles. The van der Waals surface area contributed by atoms with Crippen molar-refractivity contribution < 1.29 is 14.6 Å². The Bertz CT molecular complexity index is 428. The van der Waals surface area contributed by atoms with Crippen molar-refractivity contribution in [2.75, 3.05) is 0 Å². The summed E-state index contributed by atoms with van der Waals surface area (Å²) in [6.45, 7) is 0. The van der Waals surface area contributed by atoms with Crippen molar-refractivity contribution in [1.82, 2.24) is 0 Å². The van der Waals surface area contributed by atoms with Gasteiger partial charge in [-0.1, -0.05) is 6.07 Å². The van der Waals surface area contributed by atoms with Gasteiger partial charge in [0.2, 0.25) is 6.29 Å². The zero-order valence-corrected chi connectivity index (χ0v) is 7.15. The van der Waals surface area contributed by atoms with Crippen LogP contribution in [0.15, 0.2) is 18.2 Å². The number of nitrogen functional groups attached to an aromatic ring is 1. The standard InChI is InChI=1S/C9H8N2O3/c10-7(11)4-1-2-5-6(3-4)9(13)14-8(5)12/h1-3,9,13H,(H3,10,11). The monoisotopic (exact) mass is 192 g/mol. The molecule has 1 aromatic rings. The largest absolute Gasteiger partial charge is 0.428 e. The molecule has 0 saturated carbocycles. The minimum absolute atomic E-state index is 0.112. The summed E-state index contributed by atoms with van der Waals surface area (Å²) in [5, 5.41) is 16.5. The number of cyclic esters (lactones) is 1. The lowest BCUT2D eigenvalue weighted by Gasteiger charge is -2.03. The normalized spacial score (nSPS) is 18.9. The van der Waals surface area contributed by atoms with E-state index in [1.807, 2.05) is 0 Å². The number of hydrogen-bond donors (Lipinski definition) is 3. The van der Waals surface area contributed by atoms with Gasteiger partial charge >= 0.3 is 5.97 Å². The number of fused-ring (bicyclic) bond motifs is 1. The van der Waals surface area contributed by atoms with Gasteiger partial charge in [-0.05, 0) is 12.1 Å². The van der Waals surface area contributed by atoms with E-state index in [-0.39, 0.29) is 5.84 Å². The summed E-state index contributed by atoms with van der Waals surface area (Å²) < 4.78 is 4.57. The number of rotatable bonds is 1. The van der Waals surface area contributed by atoms with Crippen LogP contribution in [-0.4, -0.2) is 16.9 Å². The molecule has 5 heteroatoms. The molecular formula is C9H8N2O3. The molecule has 0 radical (unpaired) electrons. The van der Waals surface area contributed by atoms with Crippen LogP contribution >= 0.6 is 0 Å². The zero-order valence-electron chi connectivity index (χ0n) is 7.15. The first kappa shape index (κ1) is 8.71. The number of nitrogens with two attached hydrogens (primary N) is 1. The summed E-state index contributed by atoms with van der Waals surface area (Å²) in [7, 11) is 0. The molecule has 0 bridgehead atoms. The number of hydrogen-bond acceptors (Lipinski definition) is 4. The van der Waals surface area contributed by atoms with Crippen LogP contribution in [0.3, 0.4) is 0 Å². The lowest BCUT2D eigenvalue weighted by Crippen LogP contribution is -2.11.